The van der Waals surface area contributed by atoms with Crippen LogP contribution in [0.2, 0.25) is 0 Å². The minimum absolute atomic E-state index is 0. The number of hydrogen-bond donors (Lipinski definition) is 3. The molecule has 3 aromatic rings. The van der Waals surface area contributed by atoms with Crippen molar-refractivity contribution in [1.29, 1.82) is 0 Å². The van der Waals surface area contributed by atoms with Crippen molar-refractivity contribution in [2.45, 2.75) is 19.1 Å². The Morgan fingerprint density at radius 3 is 2.66 bits per heavy atom. The molecule has 32 heavy (non-hydrogen) atoms. The summed E-state index contributed by atoms with van der Waals surface area (Å²) in [5.74, 6) is 0.479. The van der Waals surface area contributed by atoms with Crippen LogP contribution in [0.15, 0.2) is 60.0 Å². The van der Waals surface area contributed by atoms with Gasteiger partial charge in [-0.15, -0.1) is 24.0 Å². The highest BCUT2D eigenvalue weighted by Crippen LogP contribution is 2.27. The Labute approximate surface area is 200 Å². The first-order chi connectivity index (χ1) is 14.9. The van der Waals surface area contributed by atoms with E-state index in [1.165, 1.54) is 0 Å². The van der Waals surface area contributed by atoms with Gasteiger partial charge in [-0.3, -0.25) is 4.99 Å². The number of aliphatic imine (C=N–C) groups is 1. The fourth-order valence-corrected chi connectivity index (χ4v) is 2.80. The van der Waals surface area contributed by atoms with Crippen LogP contribution >= 0.6 is 24.0 Å². The molecule has 0 saturated carbocycles. The van der Waals surface area contributed by atoms with E-state index in [1.54, 1.807) is 17.9 Å². The zero-order chi connectivity index (χ0) is 22.3. The molecular weight excluding hydrogens is 536 g/mol. The van der Waals surface area contributed by atoms with Gasteiger partial charge in [0.2, 0.25) is 5.95 Å². The number of benzene rings is 1. The molecule has 1 aromatic carbocycles. The minimum Gasteiger partial charge on any atom is -0.355 e. The monoisotopic (exact) mass is 560 g/mol. The molecule has 0 spiro atoms. The Balaban J connectivity index is 0.00000363. The van der Waals surface area contributed by atoms with Crippen molar-refractivity contribution in [3.63, 3.8) is 0 Å². The molecule has 0 radical (unpaired) electrons. The fourth-order valence-electron chi connectivity index (χ4n) is 2.80. The predicted molar refractivity (Wildman–Crippen MR) is 127 cm³/mol. The predicted octanol–water partition coefficient (Wildman–Crippen LogP) is 3.64. The summed E-state index contributed by atoms with van der Waals surface area (Å²) < 4.78 is 39.9. The van der Waals surface area contributed by atoms with Gasteiger partial charge in [0.25, 0.3) is 0 Å². The van der Waals surface area contributed by atoms with Gasteiger partial charge in [0.1, 0.15) is 5.69 Å². The number of aromatic nitrogens is 4. The molecule has 0 aliphatic heterocycles. The van der Waals surface area contributed by atoms with Crippen LogP contribution in [0.25, 0.3) is 5.69 Å². The third-order valence-corrected chi connectivity index (χ3v) is 4.36. The van der Waals surface area contributed by atoms with Crippen molar-refractivity contribution in [2.24, 2.45) is 4.99 Å². The van der Waals surface area contributed by atoms with Crippen LogP contribution in [0.3, 0.4) is 0 Å². The number of nitrogens with zero attached hydrogens (tertiary/aromatic N) is 5. The Morgan fingerprint density at radius 1 is 1.16 bits per heavy atom. The molecule has 0 bridgehead atoms. The summed E-state index contributed by atoms with van der Waals surface area (Å²) in [5.41, 5.74) is 1.01. The van der Waals surface area contributed by atoms with Crippen LogP contribution in [0, 0.1) is 0 Å². The van der Waals surface area contributed by atoms with Crippen LogP contribution in [0.5, 0.6) is 0 Å². The second kappa shape index (κ2) is 11.6. The number of alkyl halides is 3. The SMILES string of the molecule is CN=C(NCCNc1nccc(C(F)(F)F)n1)NC(C)c1cccc(-n2cccn2)c1.I. The van der Waals surface area contributed by atoms with Gasteiger partial charge in [-0.05, 0) is 36.8 Å². The number of guanidine groups is 1. The first-order valence-electron chi connectivity index (χ1n) is 9.58. The van der Waals surface area contributed by atoms with Crippen molar-refractivity contribution in [1.82, 2.24) is 30.4 Å². The van der Waals surface area contributed by atoms with Crippen LogP contribution in [-0.2, 0) is 6.18 Å². The third-order valence-electron chi connectivity index (χ3n) is 4.36. The average Bonchev–Trinajstić information content (AvgIpc) is 3.30. The molecule has 2 aromatic heterocycles. The number of anilines is 1. The topological polar surface area (TPSA) is 92.0 Å². The molecule has 0 fully saturated rings. The first-order valence-corrected chi connectivity index (χ1v) is 9.58. The lowest BCUT2D eigenvalue weighted by molar-refractivity contribution is -0.141. The highest BCUT2D eigenvalue weighted by atomic mass is 127. The van der Waals surface area contributed by atoms with E-state index in [-0.39, 0.29) is 36.0 Å². The number of rotatable bonds is 7. The van der Waals surface area contributed by atoms with Crippen molar-refractivity contribution < 1.29 is 13.2 Å². The lowest BCUT2D eigenvalue weighted by atomic mass is 10.1. The van der Waals surface area contributed by atoms with Crippen LogP contribution < -0.4 is 16.0 Å². The van der Waals surface area contributed by atoms with Crippen LogP contribution in [0.4, 0.5) is 19.1 Å². The van der Waals surface area contributed by atoms with Crippen LogP contribution in [0.1, 0.15) is 24.2 Å². The third kappa shape index (κ3) is 7.07. The molecule has 12 heteroatoms. The Kier molecular flexibility index (Phi) is 9.23. The van der Waals surface area contributed by atoms with E-state index in [4.69, 9.17) is 0 Å². The van der Waals surface area contributed by atoms with Gasteiger partial charge in [-0.1, -0.05) is 12.1 Å². The van der Waals surface area contributed by atoms with Crippen LogP contribution in [-0.4, -0.2) is 45.8 Å². The van der Waals surface area contributed by atoms with E-state index >= 15 is 0 Å². The Morgan fingerprint density at radius 2 is 1.97 bits per heavy atom. The van der Waals surface area contributed by atoms with E-state index in [2.05, 4.69) is 36.0 Å². The zero-order valence-electron chi connectivity index (χ0n) is 17.5. The lowest BCUT2D eigenvalue weighted by Gasteiger charge is -2.19. The second-order valence-corrected chi connectivity index (χ2v) is 6.60. The maximum atomic E-state index is 12.7. The molecule has 0 amide bonds. The average molecular weight is 560 g/mol. The highest BCUT2D eigenvalue weighted by Gasteiger charge is 2.32. The molecule has 3 N–H and O–H groups in total. The van der Waals surface area contributed by atoms with Gasteiger partial charge in [0.05, 0.1) is 11.7 Å². The summed E-state index contributed by atoms with van der Waals surface area (Å²) in [4.78, 5) is 11.5. The normalized spacial score (nSPS) is 12.6. The largest absolute Gasteiger partial charge is 0.433 e. The van der Waals surface area contributed by atoms with E-state index < -0.39 is 11.9 Å². The molecule has 2 heterocycles. The summed E-state index contributed by atoms with van der Waals surface area (Å²) in [5, 5.41) is 13.4. The molecule has 1 atom stereocenters. The maximum Gasteiger partial charge on any atom is 0.433 e. The van der Waals surface area contributed by atoms with Crippen molar-refractivity contribution >= 4 is 35.9 Å². The first kappa shape index (κ1) is 25.4. The molecule has 8 nitrogen and oxygen atoms in total. The van der Waals surface area contributed by atoms with E-state index in [9.17, 15) is 13.2 Å². The summed E-state index contributed by atoms with van der Waals surface area (Å²) in [6.45, 7) is 2.72. The van der Waals surface area contributed by atoms with Gasteiger partial charge >= 0.3 is 6.18 Å². The van der Waals surface area contributed by atoms with Crippen molar-refractivity contribution in [3.05, 3.63) is 66.2 Å². The molecule has 0 aliphatic rings. The summed E-state index contributed by atoms with van der Waals surface area (Å²) in [6, 6.07) is 10.6. The molecule has 0 saturated heterocycles. The molecular formula is C20H24F3IN8. The quantitative estimate of drug-likeness (QED) is 0.177. The molecule has 0 aliphatic carbocycles. The summed E-state index contributed by atoms with van der Waals surface area (Å²) in [7, 11) is 1.64. The van der Waals surface area contributed by atoms with Crippen molar-refractivity contribution in [3.8, 4) is 5.69 Å². The minimum atomic E-state index is -4.51. The lowest BCUT2D eigenvalue weighted by Crippen LogP contribution is -2.40. The number of halogens is 4. The fraction of sp³-hybridized carbons (Fsp3) is 0.300. The maximum absolute atomic E-state index is 12.7. The second-order valence-electron chi connectivity index (χ2n) is 6.60. The van der Waals surface area contributed by atoms with Gasteiger partial charge in [-0.25, -0.2) is 14.6 Å². The van der Waals surface area contributed by atoms with E-state index in [0.717, 1.165) is 23.5 Å². The zero-order valence-corrected chi connectivity index (χ0v) is 19.8. The summed E-state index contributed by atoms with van der Waals surface area (Å²) >= 11 is 0. The number of nitrogens with one attached hydrogen (secondary N) is 3. The Bertz CT molecular complexity index is 1010. The standard InChI is InChI=1S/C20H23F3N8.HI/c1-14(15-5-3-6-16(13-15)31-12-4-8-28-31)29-18(24-2)26-10-11-27-19-25-9-7-17(30-19)20(21,22)23;/h3-9,12-14H,10-11H2,1-2H3,(H2,24,26,29)(H,25,27,30);1H. The highest BCUT2D eigenvalue weighted by molar-refractivity contribution is 14.0. The van der Waals surface area contributed by atoms with Gasteiger partial charge in [0.15, 0.2) is 5.96 Å². The molecule has 3 rings (SSSR count). The van der Waals surface area contributed by atoms with E-state index in [1.807, 2.05) is 43.5 Å². The van der Waals surface area contributed by atoms with Crippen molar-refractivity contribution in [2.75, 3.05) is 25.5 Å². The van der Waals surface area contributed by atoms with Gasteiger partial charge in [-0.2, -0.15) is 18.3 Å². The smallest absolute Gasteiger partial charge is 0.355 e. The van der Waals surface area contributed by atoms with Gasteiger partial charge < -0.3 is 16.0 Å². The molecule has 1 unspecified atom stereocenters. The summed E-state index contributed by atoms with van der Waals surface area (Å²) in [6.07, 6.45) is 0.164. The molecule has 172 valence electrons. The Hall–Kier alpha value is -2.90. The van der Waals surface area contributed by atoms with E-state index in [0.29, 0.717) is 19.0 Å². The number of hydrogen-bond acceptors (Lipinski definition) is 5. The van der Waals surface area contributed by atoms with Gasteiger partial charge in [0, 0.05) is 38.7 Å².